The van der Waals surface area contributed by atoms with Crippen LogP contribution in [0.4, 0.5) is 4.39 Å². The molecular formula is C30H35FN4O2. The molecule has 1 aliphatic carbocycles. The maximum Gasteiger partial charge on any atom is 0.253 e. The molecule has 0 aromatic carbocycles. The van der Waals surface area contributed by atoms with Crippen LogP contribution in [0.1, 0.15) is 55.0 Å². The number of halogens is 1. The summed E-state index contributed by atoms with van der Waals surface area (Å²) in [5.41, 5.74) is 5.85. The van der Waals surface area contributed by atoms with E-state index in [0.717, 1.165) is 47.5 Å². The van der Waals surface area contributed by atoms with Gasteiger partial charge in [-0.1, -0.05) is 35.9 Å². The summed E-state index contributed by atoms with van der Waals surface area (Å²) in [4.78, 5) is 24.2. The number of rotatable bonds is 7. The first-order valence-corrected chi connectivity index (χ1v) is 12.6. The zero-order chi connectivity index (χ0) is 26.5. The van der Waals surface area contributed by atoms with Gasteiger partial charge in [-0.3, -0.25) is 19.2 Å². The summed E-state index contributed by atoms with van der Waals surface area (Å²) >= 11 is 0. The van der Waals surface area contributed by atoms with Crippen molar-refractivity contribution in [2.75, 3.05) is 13.7 Å². The minimum absolute atomic E-state index is 0.0337. The summed E-state index contributed by atoms with van der Waals surface area (Å²) in [7, 11) is 3.32. The molecule has 0 spiro atoms. The SMILES string of the molecule is C/C=C\C(/C(C)=C\c1nc(COC)cc(=O)n1C)N1CCc2ncc(C3C=C(C)C=CC(F)=C3)cc2C1. The van der Waals surface area contributed by atoms with Gasteiger partial charge in [-0.15, -0.1) is 0 Å². The van der Waals surface area contributed by atoms with Crippen LogP contribution in [0.25, 0.3) is 6.08 Å². The van der Waals surface area contributed by atoms with Gasteiger partial charge in [0.15, 0.2) is 0 Å². The maximum atomic E-state index is 14.2. The van der Waals surface area contributed by atoms with Crippen LogP contribution in [0.15, 0.2) is 76.6 Å². The lowest BCUT2D eigenvalue weighted by molar-refractivity contribution is 0.181. The molecule has 3 heterocycles. The third-order valence-corrected chi connectivity index (χ3v) is 6.87. The average Bonchev–Trinajstić information content (AvgIpc) is 3.05. The highest BCUT2D eigenvalue weighted by Gasteiger charge is 2.25. The highest BCUT2D eigenvalue weighted by atomic mass is 19.1. The smallest absolute Gasteiger partial charge is 0.253 e. The van der Waals surface area contributed by atoms with Crippen LogP contribution in [0.3, 0.4) is 0 Å². The topological polar surface area (TPSA) is 60.2 Å². The van der Waals surface area contributed by atoms with Crippen molar-refractivity contribution in [3.63, 3.8) is 0 Å². The zero-order valence-electron chi connectivity index (χ0n) is 22.2. The first-order valence-electron chi connectivity index (χ1n) is 12.6. The van der Waals surface area contributed by atoms with Crippen LogP contribution >= 0.6 is 0 Å². The number of fused-ring (bicyclic) bond motifs is 1. The predicted molar refractivity (Wildman–Crippen MR) is 146 cm³/mol. The molecule has 2 aromatic rings. The Labute approximate surface area is 218 Å². The Morgan fingerprint density at radius 1 is 1.30 bits per heavy atom. The Hall–Kier alpha value is -3.42. The molecular weight excluding hydrogens is 467 g/mol. The quantitative estimate of drug-likeness (QED) is 0.488. The van der Waals surface area contributed by atoms with Crippen molar-refractivity contribution in [3.05, 3.63) is 110 Å². The van der Waals surface area contributed by atoms with Gasteiger partial charge in [0.1, 0.15) is 11.7 Å². The van der Waals surface area contributed by atoms with Gasteiger partial charge in [-0.25, -0.2) is 9.37 Å². The van der Waals surface area contributed by atoms with E-state index in [1.54, 1.807) is 30.9 Å². The Morgan fingerprint density at radius 3 is 2.86 bits per heavy atom. The second-order valence-electron chi connectivity index (χ2n) is 9.71. The number of allylic oxidation sites excluding steroid dienone is 7. The van der Waals surface area contributed by atoms with E-state index in [1.165, 1.54) is 12.1 Å². The Morgan fingerprint density at radius 2 is 2.11 bits per heavy atom. The molecule has 2 unspecified atom stereocenters. The predicted octanol–water partition coefficient (Wildman–Crippen LogP) is 5.18. The Bertz CT molecular complexity index is 1340. The molecule has 2 aromatic heterocycles. The van der Waals surface area contributed by atoms with Gasteiger partial charge in [-0.2, -0.15) is 0 Å². The van der Waals surface area contributed by atoms with E-state index in [9.17, 15) is 9.18 Å². The average molecular weight is 503 g/mol. The van der Waals surface area contributed by atoms with Gasteiger partial charge in [0.2, 0.25) is 0 Å². The minimum Gasteiger partial charge on any atom is -0.378 e. The highest BCUT2D eigenvalue weighted by molar-refractivity contribution is 5.48. The molecule has 0 fully saturated rings. The molecule has 0 bridgehead atoms. The lowest BCUT2D eigenvalue weighted by atomic mass is 9.93. The van der Waals surface area contributed by atoms with Gasteiger partial charge in [0, 0.05) is 63.6 Å². The number of nitrogens with zero attached hydrogens (tertiary/aromatic N) is 4. The molecule has 2 atom stereocenters. The number of aromatic nitrogens is 3. The van der Waals surface area contributed by atoms with E-state index in [2.05, 4.69) is 41.1 Å². The summed E-state index contributed by atoms with van der Waals surface area (Å²) in [5, 5.41) is 0. The summed E-state index contributed by atoms with van der Waals surface area (Å²) in [6, 6.07) is 3.71. The number of hydrogen-bond donors (Lipinski definition) is 0. The monoisotopic (exact) mass is 502 g/mol. The molecule has 194 valence electrons. The molecule has 0 saturated carbocycles. The third-order valence-electron chi connectivity index (χ3n) is 6.87. The van der Waals surface area contributed by atoms with E-state index >= 15 is 0 Å². The molecule has 6 nitrogen and oxygen atoms in total. The van der Waals surface area contributed by atoms with Crippen molar-refractivity contribution in [3.8, 4) is 0 Å². The number of pyridine rings is 1. The molecule has 37 heavy (non-hydrogen) atoms. The largest absolute Gasteiger partial charge is 0.378 e. The molecule has 0 N–H and O–H groups in total. The first kappa shape index (κ1) is 26.6. The third kappa shape index (κ3) is 6.29. The van der Waals surface area contributed by atoms with Crippen molar-refractivity contribution in [1.82, 2.24) is 19.4 Å². The van der Waals surface area contributed by atoms with Crippen molar-refractivity contribution in [2.24, 2.45) is 7.05 Å². The van der Waals surface area contributed by atoms with E-state index in [4.69, 9.17) is 9.72 Å². The Balaban J connectivity index is 1.63. The van der Waals surface area contributed by atoms with Crippen LogP contribution in [-0.2, 0) is 31.4 Å². The number of methoxy groups -OCH3 is 1. The van der Waals surface area contributed by atoms with E-state index in [0.29, 0.717) is 11.5 Å². The molecule has 0 saturated heterocycles. The van der Waals surface area contributed by atoms with Crippen molar-refractivity contribution < 1.29 is 9.13 Å². The van der Waals surface area contributed by atoms with Gasteiger partial charge in [0.05, 0.1) is 12.3 Å². The summed E-state index contributed by atoms with van der Waals surface area (Å²) in [6.07, 6.45) is 15.9. The van der Waals surface area contributed by atoms with Gasteiger partial charge in [0.25, 0.3) is 5.56 Å². The van der Waals surface area contributed by atoms with E-state index in [1.807, 2.05) is 26.1 Å². The maximum absolute atomic E-state index is 14.2. The summed E-state index contributed by atoms with van der Waals surface area (Å²) in [5.74, 6) is 0.220. The Kier molecular flexibility index (Phi) is 8.46. The number of ether oxygens (including phenoxy) is 1. The normalized spacial score (nSPS) is 19.4. The molecule has 7 heteroatoms. The molecule has 2 aliphatic rings. The highest BCUT2D eigenvalue weighted by Crippen LogP contribution is 2.30. The first-order chi connectivity index (χ1) is 17.8. The van der Waals surface area contributed by atoms with Crippen molar-refractivity contribution >= 4 is 6.08 Å². The van der Waals surface area contributed by atoms with Gasteiger partial charge in [-0.05, 0) is 55.7 Å². The molecule has 0 amide bonds. The summed E-state index contributed by atoms with van der Waals surface area (Å²) in [6.45, 7) is 7.94. The lowest BCUT2D eigenvalue weighted by Gasteiger charge is -2.34. The standard InChI is InChI=1S/C30H35FN4O2/c1-6-7-28(21(3)13-29-33-26(19-37-5)16-30(36)34(29)4)35-11-10-27-24(18-35)14-23(17-32-27)22-12-20(2)8-9-25(31)15-22/h6-9,12-17,22,28H,10-11,18-19H2,1-5H3/b7-6-,21-13-. The van der Waals surface area contributed by atoms with Crippen molar-refractivity contribution in [2.45, 2.75) is 52.3 Å². The fourth-order valence-electron chi connectivity index (χ4n) is 4.89. The van der Waals surface area contributed by atoms with Crippen LogP contribution in [0.2, 0.25) is 0 Å². The minimum atomic E-state index is -0.232. The van der Waals surface area contributed by atoms with Crippen LogP contribution in [0.5, 0.6) is 0 Å². The van der Waals surface area contributed by atoms with Crippen LogP contribution in [-0.4, -0.2) is 39.1 Å². The summed E-state index contributed by atoms with van der Waals surface area (Å²) < 4.78 is 20.9. The second-order valence-corrected chi connectivity index (χ2v) is 9.71. The lowest BCUT2D eigenvalue weighted by Crippen LogP contribution is -2.39. The van der Waals surface area contributed by atoms with Crippen LogP contribution < -0.4 is 5.56 Å². The zero-order valence-corrected chi connectivity index (χ0v) is 22.2. The van der Waals surface area contributed by atoms with Gasteiger partial charge < -0.3 is 4.74 Å². The molecule has 4 rings (SSSR count). The fraction of sp³-hybridized carbons (Fsp3) is 0.367. The van der Waals surface area contributed by atoms with Crippen molar-refractivity contribution in [1.29, 1.82) is 0 Å². The van der Waals surface area contributed by atoms with Gasteiger partial charge >= 0.3 is 0 Å². The fourth-order valence-corrected chi connectivity index (χ4v) is 4.89. The molecule has 0 radical (unpaired) electrons. The molecule has 1 aliphatic heterocycles. The van der Waals surface area contributed by atoms with E-state index < -0.39 is 0 Å². The number of hydrogen-bond acceptors (Lipinski definition) is 5. The van der Waals surface area contributed by atoms with Crippen LogP contribution in [0, 0.1) is 0 Å². The van der Waals surface area contributed by atoms with E-state index in [-0.39, 0.29) is 30.0 Å². The second kappa shape index (κ2) is 11.8.